The number of ether oxygens (including phenoxy) is 1. The second kappa shape index (κ2) is 9.66. The average molecular weight is 498 g/mol. The lowest BCUT2D eigenvalue weighted by atomic mass is 9.94. The summed E-state index contributed by atoms with van der Waals surface area (Å²) in [7, 11) is 0. The molecule has 1 aromatic heterocycles. The smallest absolute Gasteiger partial charge is 0.225 e. The number of fused-ring (bicyclic) bond motifs is 1. The van der Waals surface area contributed by atoms with E-state index in [1.165, 1.54) is 24.3 Å². The zero-order chi connectivity index (χ0) is 25.3. The first-order chi connectivity index (χ1) is 16.5. The van der Waals surface area contributed by atoms with Gasteiger partial charge >= 0.3 is 0 Å². The van der Waals surface area contributed by atoms with Gasteiger partial charge in [0.1, 0.15) is 23.5 Å². The van der Waals surface area contributed by atoms with Crippen molar-refractivity contribution in [1.82, 2.24) is 15.1 Å². The summed E-state index contributed by atoms with van der Waals surface area (Å²) in [5, 5.41) is 8.42. The minimum atomic E-state index is -0.709. The zero-order valence-electron chi connectivity index (χ0n) is 19.9. The standard InChI is InChI=1S/C27H26ClF2N3O2/c1-16(32-26(34)27(2,3)4)25(17-11-19(28)14-21(30)12-17)35-23-9-10-24-18(13-23)15-31-33(24)22-7-5-20(29)6-8-22/h5-16,25H,1-4H3,(H,32,34)/t16-,25+/m0/s1. The Bertz CT molecular complexity index is 1340. The van der Waals surface area contributed by atoms with Crippen LogP contribution in [0.1, 0.15) is 39.4 Å². The van der Waals surface area contributed by atoms with E-state index in [2.05, 4.69) is 10.4 Å². The van der Waals surface area contributed by atoms with Crippen molar-refractivity contribution in [3.63, 3.8) is 0 Å². The van der Waals surface area contributed by atoms with Gasteiger partial charge in [0, 0.05) is 15.8 Å². The number of hydrogen-bond donors (Lipinski definition) is 1. The second-order valence-corrected chi connectivity index (χ2v) is 9.94. The van der Waals surface area contributed by atoms with Gasteiger partial charge in [-0.25, -0.2) is 13.5 Å². The Hall–Kier alpha value is -3.45. The highest BCUT2D eigenvalue weighted by Gasteiger charge is 2.29. The third-order valence-corrected chi connectivity index (χ3v) is 5.80. The van der Waals surface area contributed by atoms with Crippen LogP contribution in [-0.2, 0) is 4.79 Å². The number of rotatable bonds is 6. The van der Waals surface area contributed by atoms with Crippen LogP contribution in [0.25, 0.3) is 16.6 Å². The second-order valence-electron chi connectivity index (χ2n) is 9.51. The summed E-state index contributed by atoms with van der Waals surface area (Å²) >= 11 is 6.11. The monoisotopic (exact) mass is 497 g/mol. The number of halogens is 3. The van der Waals surface area contributed by atoms with Gasteiger partial charge in [-0.15, -0.1) is 0 Å². The van der Waals surface area contributed by atoms with Gasteiger partial charge in [0.05, 0.1) is 23.4 Å². The normalized spacial score (nSPS) is 13.5. The minimum Gasteiger partial charge on any atom is -0.484 e. The predicted molar refractivity (Wildman–Crippen MR) is 133 cm³/mol. The fourth-order valence-corrected chi connectivity index (χ4v) is 3.95. The molecule has 35 heavy (non-hydrogen) atoms. The van der Waals surface area contributed by atoms with Crippen LogP contribution in [0.15, 0.2) is 66.9 Å². The van der Waals surface area contributed by atoms with Gasteiger partial charge in [-0.2, -0.15) is 5.10 Å². The molecular formula is C27H26ClF2N3O2. The summed E-state index contributed by atoms with van der Waals surface area (Å²) in [5.41, 5.74) is 1.43. The number of carbonyl (C=O) groups excluding carboxylic acids is 1. The highest BCUT2D eigenvalue weighted by atomic mass is 35.5. The molecule has 0 aliphatic heterocycles. The minimum absolute atomic E-state index is 0.155. The summed E-state index contributed by atoms with van der Waals surface area (Å²) in [6, 6.07) is 15.2. The molecule has 5 nitrogen and oxygen atoms in total. The van der Waals surface area contributed by atoms with Crippen LogP contribution in [0.5, 0.6) is 5.75 Å². The van der Waals surface area contributed by atoms with Gasteiger partial charge in [0.15, 0.2) is 0 Å². The number of benzene rings is 3. The molecular weight excluding hydrogens is 472 g/mol. The SMILES string of the molecule is C[C@H](NC(=O)C(C)(C)C)[C@@H](Oc1ccc2c(cnn2-c2ccc(F)cc2)c1)c1cc(F)cc(Cl)c1. The molecule has 0 fully saturated rings. The lowest BCUT2D eigenvalue weighted by Crippen LogP contribution is -2.44. The van der Waals surface area contributed by atoms with Crippen molar-refractivity contribution >= 4 is 28.4 Å². The van der Waals surface area contributed by atoms with E-state index in [-0.39, 0.29) is 16.7 Å². The van der Waals surface area contributed by atoms with Crippen molar-refractivity contribution in [2.45, 2.75) is 39.8 Å². The quantitative estimate of drug-likeness (QED) is 0.325. The Labute approximate surface area is 207 Å². The van der Waals surface area contributed by atoms with E-state index in [4.69, 9.17) is 16.3 Å². The fraction of sp³-hybridized carbons (Fsp3) is 0.259. The highest BCUT2D eigenvalue weighted by Crippen LogP contribution is 2.31. The van der Waals surface area contributed by atoms with Gasteiger partial charge < -0.3 is 10.1 Å². The van der Waals surface area contributed by atoms with Gasteiger partial charge in [-0.1, -0.05) is 32.4 Å². The molecule has 182 valence electrons. The summed E-state index contributed by atoms with van der Waals surface area (Å²) in [6.45, 7) is 7.25. The molecule has 0 unspecified atom stereocenters. The first-order valence-corrected chi connectivity index (χ1v) is 11.6. The first-order valence-electron chi connectivity index (χ1n) is 11.2. The van der Waals surface area contributed by atoms with Crippen molar-refractivity contribution in [3.8, 4) is 11.4 Å². The largest absolute Gasteiger partial charge is 0.484 e. The Morgan fingerprint density at radius 2 is 1.74 bits per heavy atom. The number of carbonyl (C=O) groups is 1. The zero-order valence-corrected chi connectivity index (χ0v) is 20.6. The molecule has 4 rings (SSSR count). The molecule has 0 aliphatic carbocycles. The van der Waals surface area contributed by atoms with E-state index in [9.17, 15) is 13.6 Å². The molecule has 1 amide bonds. The maximum atomic E-state index is 14.2. The van der Waals surface area contributed by atoms with Gasteiger partial charge in [0.2, 0.25) is 5.91 Å². The third kappa shape index (κ3) is 5.62. The Balaban J connectivity index is 1.67. The van der Waals surface area contributed by atoms with E-state index in [0.717, 1.165) is 16.6 Å². The van der Waals surface area contributed by atoms with Gasteiger partial charge in [-0.05, 0) is 73.2 Å². The van der Waals surface area contributed by atoms with Crippen LogP contribution >= 0.6 is 11.6 Å². The summed E-state index contributed by atoms with van der Waals surface area (Å²) in [4.78, 5) is 12.6. The van der Waals surface area contributed by atoms with Crippen LogP contribution in [0.3, 0.4) is 0 Å². The molecule has 2 atom stereocenters. The number of amides is 1. The number of nitrogens with zero attached hydrogens (tertiary/aromatic N) is 2. The summed E-state index contributed by atoms with van der Waals surface area (Å²) in [6.07, 6.45) is 0.976. The third-order valence-electron chi connectivity index (χ3n) is 5.58. The van der Waals surface area contributed by atoms with Crippen molar-refractivity contribution in [2.75, 3.05) is 0 Å². The predicted octanol–water partition coefficient (Wildman–Crippen LogP) is 6.63. The van der Waals surface area contributed by atoms with Crippen molar-refractivity contribution in [1.29, 1.82) is 0 Å². The highest BCUT2D eigenvalue weighted by molar-refractivity contribution is 6.30. The Morgan fingerprint density at radius 3 is 2.40 bits per heavy atom. The summed E-state index contributed by atoms with van der Waals surface area (Å²) in [5.74, 6) is -0.459. The Kier molecular flexibility index (Phi) is 6.81. The van der Waals surface area contributed by atoms with Crippen molar-refractivity contribution in [3.05, 3.63) is 89.1 Å². The number of aromatic nitrogens is 2. The molecule has 1 N–H and O–H groups in total. The van der Waals surface area contributed by atoms with E-state index >= 15 is 0 Å². The molecule has 0 bridgehead atoms. The van der Waals surface area contributed by atoms with E-state index < -0.39 is 23.4 Å². The molecule has 0 spiro atoms. The lowest BCUT2D eigenvalue weighted by Gasteiger charge is -2.29. The molecule has 3 aromatic carbocycles. The molecule has 0 aliphatic rings. The van der Waals surface area contributed by atoms with E-state index in [1.54, 1.807) is 42.1 Å². The number of nitrogens with one attached hydrogen (secondary N) is 1. The van der Waals surface area contributed by atoms with Crippen molar-refractivity contribution < 1.29 is 18.3 Å². The van der Waals surface area contributed by atoms with E-state index in [0.29, 0.717) is 11.3 Å². The molecule has 0 saturated carbocycles. The lowest BCUT2D eigenvalue weighted by molar-refractivity contribution is -0.129. The van der Waals surface area contributed by atoms with Crippen LogP contribution in [0, 0.1) is 17.0 Å². The maximum Gasteiger partial charge on any atom is 0.225 e. The van der Waals surface area contributed by atoms with Crippen molar-refractivity contribution in [2.24, 2.45) is 5.41 Å². The molecule has 0 saturated heterocycles. The van der Waals surface area contributed by atoms with Crippen LogP contribution in [-0.4, -0.2) is 21.7 Å². The van der Waals surface area contributed by atoms with E-state index in [1.807, 2.05) is 32.9 Å². The molecule has 1 heterocycles. The molecule has 4 aromatic rings. The molecule has 8 heteroatoms. The maximum absolute atomic E-state index is 14.2. The van der Waals surface area contributed by atoms with Crippen LogP contribution in [0.4, 0.5) is 8.78 Å². The average Bonchev–Trinajstić information content (AvgIpc) is 3.19. The topological polar surface area (TPSA) is 56.1 Å². The Morgan fingerprint density at radius 1 is 1.03 bits per heavy atom. The van der Waals surface area contributed by atoms with Gasteiger partial charge in [0.25, 0.3) is 0 Å². The molecule has 0 radical (unpaired) electrons. The number of hydrogen-bond acceptors (Lipinski definition) is 3. The first kappa shape index (κ1) is 24.7. The van der Waals surface area contributed by atoms with Crippen LogP contribution < -0.4 is 10.1 Å². The summed E-state index contributed by atoms with van der Waals surface area (Å²) < 4.78 is 35.5. The van der Waals surface area contributed by atoms with Gasteiger partial charge in [-0.3, -0.25) is 4.79 Å². The fourth-order valence-electron chi connectivity index (χ4n) is 3.72. The van der Waals surface area contributed by atoms with Crippen LogP contribution in [0.2, 0.25) is 5.02 Å².